The van der Waals surface area contributed by atoms with Crippen LogP contribution in [0.4, 0.5) is 5.69 Å². The van der Waals surface area contributed by atoms with Crippen LogP contribution >= 0.6 is 15.9 Å². The number of nitrogens with one attached hydrogen (secondary N) is 1. The third kappa shape index (κ3) is 3.10. The van der Waals surface area contributed by atoms with Gasteiger partial charge >= 0.3 is 0 Å². The van der Waals surface area contributed by atoms with Gasteiger partial charge in [-0.05, 0) is 30.2 Å². The highest BCUT2D eigenvalue weighted by atomic mass is 79.9. The molecule has 0 amide bonds. The molecule has 0 aliphatic carbocycles. The standard InChI is InChI=1S/C15H16BrN/c1-2-15(13-10-6-7-11-14(13)16)17-12-8-4-3-5-9-12/h3-11,15,17H,2H2,1H3. The van der Waals surface area contributed by atoms with Crippen molar-refractivity contribution in [2.45, 2.75) is 19.4 Å². The fourth-order valence-corrected chi connectivity index (χ4v) is 2.45. The van der Waals surface area contributed by atoms with Gasteiger partial charge in [0.15, 0.2) is 0 Å². The lowest BCUT2D eigenvalue weighted by Gasteiger charge is -2.20. The first-order valence-electron chi connectivity index (χ1n) is 5.87. The van der Waals surface area contributed by atoms with Gasteiger partial charge in [0.2, 0.25) is 0 Å². The Hall–Kier alpha value is -1.28. The normalized spacial score (nSPS) is 12.1. The van der Waals surface area contributed by atoms with E-state index in [1.54, 1.807) is 0 Å². The summed E-state index contributed by atoms with van der Waals surface area (Å²) >= 11 is 3.61. The predicted octanol–water partition coefficient (Wildman–Crippen LogP) is 5.01. The molecule has 17 heavy (non-hydrogen) atoms. The van der Waals surface area contributed by atoms with Crippen molar-refractivity contribution >= 4 is 21.6 Å². The minimum atomic E-state index is 0.341. The highest BCUT2D eigenvalue weighted by Crippen LogP contribution is 2.28. The molecule has 1 nitrogen and oxygen atoms in total. The zero-order valence-electron chi connectivity index (χ0n) is 9.86. The Balaban J connectivity index is 2.21. The topological polar surface area (TPSA) is 12.0 Å². The fraction of sp³-hybridized carbons (Fsp3) is 0.200. The lowest BCUT2D eigenvalue weighted by Crippen LogP contribution is -2.10. The Morgan fingerprint density at radius 1 is 1.00 bits per heavy atom. The van der Waals surface area contributed by atoms with Gasteiger partial charge in [0, 0.05) is 10.2 Å². The Morgan fingerprint density at radius 3 is 2.29 bits per heavy atom. The molecule has 1 N–H and O–H groups in total. The third-order valence-corrected chi connectivity index (χ3v) is 3.53. The predicted molar refractivity (Wildman–Crippen MR) is 77.2 cm³/mol. The molecule has 2 aromatic rings. The molecule has 88 valence electrons. The minimum absolute atomic E-state index is 0.341. The van der Waals surface area contributed by atoms with Crippen LogP contribution in [0.2, 0.25) is 0 Å². The maximum Gasteiger partial charge on any atom is 0.0522 e. The second-order valence-corrected chi connectivity index (χ2v) is 4.85. The number of rotatable bonds is 4. The van der Waals surface area contributed by atoms with Gasteiger partial charge in [0.05, 0.1) is 6.04 Å². The first kappa shape index (κ1) is 12.2. The van der Waals surface area contributed by atoms with Crippen molar-refractivity contribution in [3.63, 3.8) is 0 Å². The maximum absolute atomic E-state index is 3.61. The van der Waals surface area contributed by atoms with Gasteiger partial charge in [-0.3, -0.25) is 0 Å². The lowest BCUT2D eigenvalue weighted by molar-refractivity contribution is 0.746. The summed E-state index contributed by atoms with van der Waals surface area (Å²) in [4.78, 5) is 0. The molecule has 0 spiro atoms. The number of para-hydroxylation sites is 1. The van der Waals surface area contributed by atoms with Gasteiger partial charge < -0.3 is 5.32 Å². The quantitative estimate of drug-likeness (QED) is 0.834. The Morgan fingerprint density at radius 2 is 1.65 bits per heavy atom. The number of hydrogen-bond acceptors (Lipinski definition) is 1. The second kappa shape index (κ2) is 5.87. The van der Waals surface area contributed by atoms with Crippen molar-refractivity contribution in [1.29, 1.82) is 0 Å². The Labute approximate surface area is 111 Å². The van der Waals surface area contributed by atoms with Crippen LogP contribution in [0, 0.1) is 0 Å². The average Bonchev–Trinajstić information content (AvgIpc) is 2.38. The van der Waals surface area contributed by atoms with Crippen LogP contribution in [0.5, 0.6) is 0 Å². The first-order chi connectivity index (χ1) is 8.31. The molecule has 0 saturated carbocycles. The number of benzene rings is 2. The van der Waals surface area contributed by atoms with Crippen LogP contribution in [0.25, 0.3) is 0 Å². The molecular formula is C15H16BrN. The lowest BCUT2D eigenvalue weighted by atomic mass is 10.0. The fourth-order valence-electron chi connectivity index (χ4n) is 1.89. The number of hydrogen-bond donors (Lipinski definition) is 1. The van der Waals surface area contributed by atoms with Crippen LogP contribution in [0.1, 0.15) is 24.9 Å². The SMILES string of the molecule is CCC(Nc1ccccc1)c1ccccc1Br. The van der Waals surface area contributed by atoms with Crippen molar-refractivity contribution in [2.24, 2.45) is 0 Å². The molecule has 0 fully saturated rings. The van der Waals surface area contributed by atoms with Crippen LogP contribution in [0.15, 0.2) is 59.1 Å². The van der Waals surface area contributed by atoms with Crippen LogP contribution in [-0.2, 0) is 0 Å². The van der Waals surface area contributed by atoms with E-state index in [0.29, 0.717) is 6.04 Å². The van der Waals surface area contributed by atoms with E-state index in [9.17, 15) is 0 Å². The molecule has 2 rings (SSSR count). The van der Waals surface area contributed by atoms with Gasteiger partial charge in [-0.25, -0.2) is 0 Å². The summed E-state index contributed by atoms with van der Waals surface area (Å²) in [5.41, 5.74) is 2.47. The van der Waals surface area contributed by atoms with E-state index in [1.807, 2.05) is 12.1 Å². The summed E-state index contributed by atoms with van der Waals surface area (Å²) in [5, 5.41) is 3.56. The summed E-state index contributed by atoms with van der Waals surface area (Å²) in [7, 11) is 0. The van der Waals surface area contributed by atoms with E-state index in [0.717, 1.165) is 16.6 Å². The third-order valence-electron chi connectivity index (χ3n) is 2.80. The smallest absolute Gasteiger partial charge is 0.0522 e. The molecule has 0 bridgehead atoms. The van der Waals surface area contributed by atoms with E-state index in [-0.39, 0.29) is 0 Å². The monoisotopic (exact) mass is 289 g/mol. The van der Waals surface area contributed by atoms with Crippen LogP contribution in [0.3, 0.4) is 0 Å². The maximum atomic E-state index is 3.61. The molecule has 0 aliphatic heterocycles. The summed E-state index contributed by atoms with van der Waals surface area (Å²) in [5.74, 6) is 0. The molecule has 0 saturated heterocycles. The van der Waals surface area contributed by atoms with Crippen molar-refractivity contribution in [2.75, 3.05) is 5.32 Å². The van der Waals surface area contributed by atoms with Gasteiger partial charge in [-0.15, -0.1) is 0 Å². The van der Waals surface area contributed by atoms with E-state index in [2.05, 4.69) is 70.6 Å². The highest BCUT2D eigenvalue weighted by Gasteiger charge is 2.11. The molecule has 2 aromatic carbocycles. The van der Waals surface area contributed by atoms with E-state index >= 15 is 0 Å². The number of anilines is 1. The largest absolute Gasteiger partial charge is 0.378 e. The van der Waals surface area contributed by atoms with Crippen LogP contribution < -0.4 is 5.32 Å². The van der Waals surface area contributed by atoms with E-state index in [1.165, 1.54) is 5.56 Å². The molecular weight excluding hydrogens is 274 g/mol. The average molecular weight is 290 g/mol. The van der Waals surface area contributed by atoms with Crippen molar-refractivity contribution in [1.82, 2.24) is 0 Å². The summed E-state index contributed by atoms with van der Waals surface area (Å²) in [6.45, 7) is 2.19. The number of halogens is 1. The molecule has 1 atom stereocenters. The van der Waals surface area contributed by atoms with Crippen LogP contribution in [-0.4, -0.2) is 0 Å². The second-order valence-electron chi connectivity index (χ2n) is 3.99. The Bertz CT molecular complexity index is 467. The molecule has 0 aliphatic rings. The van der Waals surface area contributed by atoms with Gasteiger partial charge in [0.25, 0.3) is 0 Å². The van der Waals surface area contributed by atoms with Gasteiger partial charge in [-0.1, -0.05) is 59.3 Å². The molecule has 1 unspecified atom stereocenters. The van der Waals surface area contributed by atoms with E-state index in [4.69, 9.17) is 0 Å². The Kier molecular flexibility index (Phi) is 4.21. The molecule has 2 heteroatoms. The summed E-state index contributed by atoms with van der Waals surface area (Å²) in [6.07, 6.45) is 1.05. The first-order valence-corrected chi connectivity index (χ1v) is 6.66. The zero-order valence-corrected chi connectivity index (χ0v) is 11.4. The van der Waals surface area contributed by atoms with Gasteiger partial charge in [-0.2, -0.15) is 0 Å². The molecule has 0 aromatic heterocycles. The van der Waals surface area contributed by atoms with Gasteiger partial charge in [0.1, 0.15) is 0 Å². The minimum Gasteiger partial charge on any atom is -0.378 e. The summed E-state index contributed by atoms with van der Waals surface area (Å²) in [6, 6.07) is 19.0. The van der Waals surface area contributed by atoms with E-state index < -0.39 is 0 Å². The van der Waals surface area contributed by atoms with Crippen molar-refractivity contribution < 1.29 is 0 Å². The van der Waals surface area contributed by atoms with Crippen molar-refractivity contribution in [3.05, 3.63) is 64.6 Å². The van der Waals surface area contributed by atoms with Crippen molar-refractivity contribution in [3.8, 4) is 0 Å². The highest BCUT2D eigenvalue weighted by molar-refractivity contribution is 9.10. The zero-order chi connectivity index (χ0) is 12.1. The molecule has 0 heterocycles. The molecule has 0 radical (unpaired) electrons. The summed E-state index contributed by atoms with van der Waals surface area (Å²) < 4.78 is 1.16.